The zero-order valence-corrected chi connectivity index (χ0v) is 16.0. The van der Waals surface area contributed by atoms with Gasteiger partial charge in [-0.1, -0.05) is 0 Å². The molecule has 0 saturated carbocycles. The highest BCUT2D eigenvalue weighted by Gasteiger charge is 2.21. The monoisotopic (exact) mass is 437 g/mol. The van der Waals surface area contributed by atoms with E-state index >= 15 is 0 Å². The van der Waals surface area contributed by atoms with Crippen molar-refractivity contribution in [3.63, 3.8) is 0 Å². The lowest BCUT2D eigenvalue weighted by molar-refractivity contribution is 0.716. The lowest BCUT2D eigenvalue weighted by Gasteiger charge is -2.12. The van der Waals surface area contributed by atoms with Gasteiger partial charge in [0.05, 0.1) is 9.83 Å². The standard InChI is InChI=1S/C13H13Br2NS3/c1-16-12(11-5-8(14)13(15)19-11)10-4-7-6-17-3-2-9(7)18-10/h4-5,12,16H,2-3,6H2,1H3. The van der Waals surface area contributed by atoms with Gasteiger partial charge in [0.25, 0.3) is 0 Å². The molecule has 0 amide bonds. The fraction of sp³-hybridized carbons (Fsp3) is 0.385. The van der Waals surface area contributed by atoms with Crippen LogP contribution in [0.5, 0.6) is 0 Å². The summed E-state index contributed by atoms with van der Waals surface area (Å²) in [5.74, 6) is 2.45. The van der Waals surface area contributed by atoms with E-state index in [1.165, 1.54) is 31.5 Å². The van der Waals surface area contributed by atoms with Crippen molar-refractivity contribution in [3.05, 3.63) is 40.6 Å². The summed E-state index contributed by atoms with van der Waals surface area (Å²) in [6, 6.07) is 4.92. The van der Waals surface area contributed by atoms with Crippen LogP contribution in [0.15, 0.2) is 20.4 Å². The molecule has 2 aromatic heterocycles. The number of halogens is 2. The maximum absolute atomic E-state index is 3.59. The van der Waals surface area contributed by atoms with Crippen molar-refractivity contribution in [2.24, 2.45) is 0 Å². The maximum Gasteiger partial charge on any atom is 0.0843 e. The van der Waals surface area contributed by atoms with Crippen LogP contribution in [0.25, 0.3) is 0 Å². The molecule has 6 heteroatoms. The van der Waals surface area contributed by atoms with E-state index in [2.05, 4.69) is 49.3 Å². The number of rotatable bonds is 3. The molecule has 3 rings (SSSR count). The minimum Gasteiger partial charge on any atom is -0.308 e. The zero-order chi connectivity index (χ0) is 13.4. The van der Waals surface area contributed by atoms with Gasteiger partial charge in [-0.3, -0.25) is 0 Å². The normalized spacial score (nSPS) is 16.4. The lowest BCUT2D eigenvalue weighted by atomic mass is 10.1. The highest BCUT2D eigenvalue weighted by molar-refractivity contribution is 9.13. The molecule has 0 aromatic carbocycles. The van der Waals surface area contributed by atoms with Crippen LogP contribution in [0.2, 0.25) is 0 Å². The molecule has 0 bridgehead atoms. The minimum absolute atomic E-state index is 0.313. The van der Waals surface area contributed by atoms with Crippen LogP contribution in [0.4, 0.5) is 0 Å². The van der Waals surface area contributed by atoms with E-state index in [1.807, 2.05) is 30.1 Å². The van der Waals surface area contributed by atoms with E-state index in [4.69, 9.17) is 0 Å². The minimum atomic E-state index is 0.313. The van der Waals surface area contributed by atoms with Crippen LogP contribution in [0, 0.1) is 0 Å². The van der Waals surface area contributed by atoms with Crippen LogP contribution in [0.3, 0.4) is 0 Å². The second-order valence-electron chi connectivity index (χ2n) is 4.39. The van der Waals surface area contributed by atoms with E-state index in [0.29, 0.717) is 6.04 Å². The molecule has 1 N–H and O–H groups in total. The Morgan fingerprint density at radius 3 is 2.63 bits per heavy atom. The number of thiophene rings is 2. The highest BCUT2D eigenvalue weighted by atomic mass is 79.9. The first-order valence-corrected chi connectivity index (χ1v) is 10.4. The Labute approximate surface area is 142 Å². The van der Waals surface area contributed by atoms with Gasteiger partial charge in [-0.2, -0.15) is 11.8 Å². The first kappa shape index (κ1) is 14.6. The van der Waals surface area contributed by atoms with Gasteiger partial charge in [0, 0.05) is 24.9 Å². The number of thioether (sulfide) groups is 1. The smallest absolute Gasteiger partial charge is 0.0843 e. The Balaban J connectivity index is 1.95. The molecule has 102 valence electrons. The van der Waals surface area contributed by atoms with Crippen LogP contribution in [-0.2, 0) is 12.2 Å². The molecule has 1 aliphatic rings. The number of aryl methyl sites for hydroxylation is 1. The number of nitrogens with one attached hydrogen (secondary N) is 1. The average Bonchev–Trinajstić information content (AvgIpc) is 2.95. The number of hydrogen-bond donors (Lipinski definition) is 1. The third kappa shape index (κ3) is 2.99. The topological polar surface area (TPSA) is 12.0 Å². The summed E-state index contributed by atoms with van der Waals surface area (Å²) in [7, 11) is 2.04. The average molecular weight is 439 g/mol. The van der Waals surface area contributed by atoms with Crippen molar-refractivity contribution in [3.8, 4) is 0 Å². The molecule has 0 fully saturated rings. The van der Waals surface area contributed by atoms with Gasteiger partial charge in [-0.15, -0.1) is 22.7 Å². The van der Waals surface area contributed by atoms with Crippen molar-refractivity contribution in [1.82, 2.24) is 5.32 Å². The van der Waals surface area contributed by atoms with E-state index < -0.39 is 0 Å². The van der Waals surface area contributed by atoms with Gasteiger partial charge in [-0.25, -0.2) is 0 Å². The summed E-state index contributed by atoms with van der Waals surface area (Å²) in [4.78, 5) is 4.38. The Morgan fingerprint density at radius 1 is 1.21 bits per heavy atom. The molecule has 0 spiro atoms. The van der Waals surface area contributed by atoms with Crippen LogP contribution < -0.4 is 5.32 Å². The van der Waals surface area contributed by atoms with Gasteiger partial charge < -0.3 is 5.32 Å². The second-order valence-corrected chi connectivity index (χ2v) is 9.92. The number of fused-ring (bicyclic) bond motifs is 1. The molecule has 1 unspecified atom stereocenters. The van der Waals surface area contributed by atoms with E-state index in [9.17, 15) is 0 Å². The van der Waals surface area contributed by atoms with Gasteiger partial charge in [0.1, 0.15) is 0 Å². The Kier molecular flexibility index (Phi) is 4.76. The molecule has 19 heavy (non-hydrogen) atoms. The third-order valence-electron chi connectivity index (χ3n) is 3.17. The molecule has 1 nitrogen and oxygen atoms in total. The first-order valence-electron chi connectivity index (χ1n) is 6.00. The molecule has 0 saturated heterocycles. The summed E-state index contributed by atoms with van der Waals surface area (Å²) in [5, 5.41) is 3.46. The van der Waals surface area contributed by atoms with Crippen molar-refractivity contribution in [2.75, 3.05) is 12.8 Å². The summed E-state index contributed by atoms with van der Waals surface area (Å²) >= 11 is 13.0. The maximum atomic E-state index is 3.59. The predicted octanol–water partition coefficient (Wildman–Crippen LogP) is 5.43. The number of hydrogen-bond acceptors (Lipinski definition) is 4. The Bertz CT molecular complexity index is 548. The van der Waals surface area contributed by atoms with Crippen molar-refractivity contribution < 1.29 is 0 Å². The fourth-order valence-corrected chi connectivity index (χ4v) is 7.04. The molecule has 0 aliphatic carbocycles. The SMILES string of the molecule is CNC(c1cc(Br)c(Br)s1)c1cc2c(s1)CCSC2. The zero-order valence-electron chi connectivity index (χ0n) is 10.3. The fourth-order valence-electron chi connectivity index (χ4n) is 2.24. The van der Waals surface area contributed by atoms with Gasteiger partial charge in [0.2, 0.25) is 0 Å². The molecule has 1 aliphatic heterocycles. The van der Waals surface area contributed by atoms with Crippen molar-refractivity contribution in [2.45, 2.75) is 18.2 Å². The summed E-state index contributed by atoms with van der Waals surface area (Å²) in [6.45, 7) is 0. The van der Waals surface area contributed by atoms with Crippen molar-refractivity contribution in [1.29, 1.82) is 0 Å². The molecule has 0 radical (unpaired) electrons. The predicted molar refractivity (Wildman–Crippen MR) is 94.8 cm³/mol. The van der Waals surface area contributed by atoms with Crippen LogP contribution >= 0.6 is 66.3 Å². The lowest BCUT2D eigenvalue weighted by Crippen LogP contribution is -2.15. The molecular formula is C13H13Br2NS3. The Morgan fingerprint density at radius 2 is 2.00 bits per heavy atom. The van der Waals surface area contributed by atoms with Gasteiger partial charge >= 0.3 is 0 Å². The first-order chi connectivity index (χ1) is 9.19. The third-order valence-corrected chi connectivity index (χ3v) is 8.80. The molecule has 3 heterocycles. The highest BCUT2D eigenvalue weighted by Crippen LogP contribution is 2.41. The summed E-state index contributed by atoms with van der Waals surface area (Å²) < 4.78 is 2.31. The van der Waals surface area contributed by atoms with Crippen molar-refractivity contribution >= 4 is 66.3 Å². The largest absolute Gasteiger partial charge is 0.308 e. The summed E-state index contributed by atoms with van der Waals surface area (Å²) in [5.41, 5.74) is 1.55. The van der Waals surface area contributed by atoms with Crippen LogP contribution in [-0.4, -0.2) is 12.8 Å². The molecular weight excluding hydrogens is 426 g/mol. The van der Waals surface area contributed by atoms with Gasteiger partial charge in [0.15, 0.2) is 0 Å². The molecule has 1 atom stereocenters. The van der Waals surface area contributed by atoms with E-state index in [1.54, 1.807) is 21.8 Å². The van der Waals surface area contributed by atoms with Crippen LogP contribution in [0.1, 0.15) is 26.2 Å². The van der Waals surface area contributed by atoms with E-state index in [0.717, 1.165) is 4.47 Å². The Hall–Kier alpha value is 0.670. The summed E-state index contributed by atoms with van der Waals surface area (Å²) in [6.07, 6.45) is 1.24. The second kappa shape index (κ2) is 6.20. The quantitative estimate of drug-likeness (QED) is 0.685. The van der Waals surface area contributed by atoms with Gasteiger partial charge in [-0.05, 0) is 68.8 Å². The van der Waals surface area contributed by atoms with E-state index in [-0.39, 0.29) is 0 Å². The molecule has 2 aromatic rings.